The molecule has 35 valence electrons. The van der Waals surface area contributed by atoms with Crippen LogP contribution < -0.4 is 0 Å². The van der Waals surface area contributed by atoms with Crippen molar-refractivity contribution in [2.24, 2.45) is 0 Å². The average molecular weight is 364 g/mol. The van der Waals surface area contributed by atoms with Crippen LogP contribution in [0.2, 0.25) is 0 Å². The Kier molecular flexibility index (Phi) is 72.0. The number of hydrogen-bond donors (Lipinski definition) is 0. The second kappa shape index (κ2) is 17.9. The summed E-state index contributed by atoms with van der Waals surface area (Å²) >= 11 is 4.40. The second-order valence-corrected chi connectivity index (χ2v) is 0. The van der Waals surface area contributed by atoms with Crippen LogP contribution in [0, 0.1) is 0 Å². The quantitative estimate of drug-likeness (QED) is 0.531. The first kappa shape index (κ1) is 16.1. The molecule has 0 atom stereocenters. The molecule has 4 heavy (non-hydrogen) atoms. The molecule has 0 aromatic rings. The van der Waals surface area contributed by atoms with Gasteiger partial charge in [0.2, 0.25) is 0 Å². The molecule has 0 fully saturated rings. The number of hydrogen-bond acceptors (Lipinski definition) is 0. The van der Waals surface area contributed by atoms with Gasteiger partial charge in [0.1, 0.15) is 0 Å². The van der Waals surface area contributed by atoms with Crippen molar-refractivity contribution in [2.45, 2.75) is 0 Å². The Bertz CT molecular complexity index is 8.00. The van der Waals surface area contributed by atoms with Crippen molar-refractivity contribution in [3.63, 3.8) is 0 Å². The molecule has 0 amide bonds. The van der Waals surface area contributed by atoms with Gasteiger partial charge in [-0.3, -0.25) is 0 Å². The summed E-state index contributed by atoms with van der Waals surface area (Å²) in [5.41, 5.74) is 0. The van der Waals surface area contributed by atoms with Gasteiger partial charge < -0.3 is 0 Å². The van der Waals surface area contributed by atoms with Crippen molar-refractivity contribution in [1.82, 2.24) is 0 Å². The summed E-state index contributed by atoms with van der Waals surface area (Å²) in [6, 6.07) is 0. The molecule has 0 saturated heterocycles. The van der Waals surface area contributed by atoms with Crippen LogP contribution in [0.25, 0.3) is 0 Å². The van der Waals surface area contributed by atoms with Gasteiger partial charge >= 0.3 is 32.6 Å². The average Bonchev–Trinajstić information content (AvgIpc) is 1.00. The third-order valence-corrected chi connectivity index (χ3v) is 0. The van der Waals surface area contributed by atoms with Crippen LogP contribution in [-0.4, -0.2) is 0 Å². The van der Waals surface area contributed by atoms with Gasteiger partial charge in [-0.1, -0.05) is 0 Å². The van der Waals surface area contributed by atoms with E-state index in [1.807, 2.05) is 17.2 Å². The Labute approximate surface area is 68.6 Å². The third kappa shape index (κ3) is 8.82. The van der Waals surface area contributed by atoms with Crippen LogP contribution in [0.15, 0.2) is 0 Å². The zero-order valence-corrected chi connectivity index (χ0v) is 7.56. The smallest absolute Gasteiger partial charge is 0 e. The zero-order valence-electron chi connectivity index (χ0n) is 1.37. The van der Waals surface area contributed by atoms with E-state index in [1.54, 1.807) is 0 Å². The van der Waals surface area contributed by atoms with Gasteiger partial charge in [-0.05, 0) is 0 Å². The van der Waals surface area contributed by atoms with Crippen molar-refractivity contribution in [2.75, 3.05) is 0 Å². The molecule has 0 aliphatic rings. The van der Waals surface area contributed by atoms with Gasteiger partial charge in [-0.25, -0.2) is 0 Å². The molecular formula is MoNiPdRh. The van der Waals surface area contributed by atoms with Gasteiger partial charge in [0, 0.05) is 36.9 Å². The Balaban J connectivity index is -0.00000000500. The maximum atomic E-state index is 2.56. The molecule has 0 unspecified atom stereocenters. The summed E-state index contributed by atoms with van der Waals surface area (Å²) in [5.74, 6) is 0. The van der Waals surface area contributed by atoms with E-state index in [2.05, 4.69) is 15.4 Å². The SMILES string of the molecule is [Mo][Rh].[Ni].[Pd]. The topological polar surface area (TPSA) is 0 Å². The fraction of sp³-hybridized carbons (Fsp3) is 0. The molecule has 0 heterocycles. The minimum absolute atomic E-state index is 0. The molecule has 0 saturated carbocycles. The fourth-order valence-electron chi connectivity index (χ4n) is 0. The predicted octanol–water partition coefficient (Wildman–Crippen LogP) is -0.0100. The van der Waals surface area contributed by atoms with Crippen molar-refractivity contribution in [3.8, 4) is 0 Å². The molecule has 0 rings (SSSR count). The van der Waals surface area contributed by atoms with Gasteiger partial charge in [-0.15, -0.1) is 0 Å². The van der Waals surface area contributed by atoms with Gasteiger partial charge in [0.05, 0.1) is 0 Å². The maximum Gasteiger partial charge on any atom is 0 e. The molecule has 0 N–H and O–H groups in total. The summed E-state index contributed by atoms with van der Waals surface area (Å²) in [4.78, 5) is 0. The second-order valence-electron chi connectivity index (χ2n) is 0. The molecule has 0 nitrogen and oxygen atoms in total. The normalized spacial score (nSPS) is 1.50. The van der Waals surface area contributed by atoms with E-state index in [4.69, 9.17) is 0 Å². The Morgan fingerprint density at radius 1 is 1.25 bits per heavy atom. The van der Waals surface area contributed by atoms with E-state index in [0.717, 1.165) is 0 Å². The molecular weight excluding hydrogens is 364 g/mol. The molecule has 0 aromatic carbocycles. The van der Waals surface area contributed by atoms with E-state index in [0.29, 0.717) is 0 Å². The van der Waals surface area contributed by atoms with Crippen LogP contribution in [0.4, 0.5) is 0 Å². The summed E-state index contributed by atoms with van der Waals surface area (Å²) < 4.78 is 0. The minimum atomic E-state index is 0. The molecule has 0 aliphatic carbocycles. The minimum Gasteiger partial charge on any atom is 0 e. The number of rotatable bonds is 0. The van der Waals surface area contributed by atoms with Crippen molar-refractivity contribution >= 4 is 0 Å². The van der Waals surface area contributed by atoms with Gasteiger partial charge in [-0.2, -0.15) is 0 Å². The molecule has 4 heteroatoms. The van der Waals surface area contributed by atoms with Crippen LogP contribution >= 0.6 is 0 Å². The monoisotopic (exact) mass is 365 g/mol. The predicted molar refractivity (Wildman–Crippen MR) is 0 cm³/mol. The van der Waals surface area contributed by atoms with E-state index >= 15 is 0 Å². The summed E-state index contributed by atoms with van der Waals surface area (Å²) in [6.07, 6.45) is 0. The maximum absolute atomic E-state index is 2.56. The first-order valence-corrected chi connectivity index (χ1v) is 4.76. The Morgan fingerprint density at radius 2 is 1.25 bits per heavy atom. The van der Waals surface area contributed by atoms with Crippen LogP contribution in [0.5, 0.6) is 0 Å². The van der Waals surface area contributed by atoms with E-state index < -0.39 is 0 Å². The van der Waals surface area contributed by atoms with E-state index in [9.17, 15) is 0 Å². The van der Waals surface area contributed by atoms with Gasteiger partial charge in [0.15, 0.2) is 0 Å². The molecule has 0 bridgehead atoms. The van der Waals surface area contributed by atoms with Crippen molar-refractivity contribution in [1.29, 1.82) is 0 Å². The van der Waals surface area contributed by atoms with Crippen molar-refractivity contribution in [3.05, 3.63) is 0 Å². The molecule has 0 aliphatic heterocycles. The molecule has 0 radical (unpaired) electrons. The fourth-order valence-corrected chi connectivity index (χ4v) is 0. The van der Waals surface area contributed by atoms with Crippen LogP contribution in [0.3, 0.4) is 0 Å². The first-order chi connectivity index (χ1) is 1.00. The largest absolute Gasteiger partial charge is 0 e. The third-order valence-electron chi connectivity index (χ3n) is 0. The zero-order chi connectivity index (χ0) is 2.00. The summed E-state index contributed by atoms with van der Waals surface area (Å²) in [5, 5.41) is 0. The Morgan fingerprint density at radius 3 is 1.25 bits per heavy atom. The van der Waals surface area contributed by atoms with Crippen molar-refractivity contribution < 1.29 is 69.5 Å². The summed E-state index contributed by atoms with van der Waals surface area (Å²) in [6.45, 7) is 0. The molecule has 0 spiro atoms. The molecule has 0 aromatic heterocycles. The summed E-state index contributed by atoms with van der Waals surface area (Å²) in [7, 11) is 0. The Hall–Kier alpha value is 2.47. The standard InChI is InChI=1S/Mo.Ni.Pd.Rh. The van der Waals surface area contributed by atoms with Crippen LogP contribution in [-0.2, 0) is 69.5 Å². The first-order valence-electron chi connectivity index (χ1n) is 0.136. The van der Waals surface area contributed by atoms with E-state index in [-0.39, 0.29) is 36.9 Å². The van der Waals surface area contributed by atoms with Gasteiger partial charge in [0.25, 0.3) is 0 Å². The van der Waals surface area contributed by atoms with E-state index in [1.165, 1.54) is 0 Å². The van der Waals surface area contributed by atoms with Crippen LogP contribution in [0.1, 0.15) is 0 Å².